The number of likely N-dealkylation sites (N-methyl/N-ethyl adjacent to an activating group) is 1. The van der Waals surface area contributed by atoms with Crippen LogP contribution >= 0.6 is 0 Å². The first-order valence-corrected chi connectivity index (χ1v) is 8.31. The second kappa shape index (κ2) is 7.66. The smallest absolute Gasteiger partial charge is 0.223 e. The number of aryl methyl sites for hydroxylation is 1. The molecule has 2 aromatic rings. The number of hydrogen-bond acceptors (Lipinski definition) is 6. The van der Waals surface area contributed by atoms with Crippen molar-refractivity contribution in [3.8, 4) is 0 Å². The predicted molar refractivity (Wildman–Crippen MR) is 87.9 cm³/mol. The third kappa shape index (κ3) is 4.59. The van der Waals surface area contributed by atoms with E-state index >= 15 is 0 Å². The second-order valence-electron chi connectivity index (χ2n) is 6.35. The molecule has 0 aromatic carbocycles. The third-order valence-electron chi connectivity index (χ3n) is 4.54. The highest BCUT2D eigenvalue weighted by Gasteiger charge is 2.24. The molecule has 1 aliphatic heterocycles. The van der Waals surface area contributed by atoms with Gasteiger partial charge in [0.15, 0.2) is 5.82 Å². The van der Waals surface area contributed by atoms with E-state index in [9.17, 15) is 0 Å². The summed E-state index contributed by atoms with van der Waals surface area (Å²) in [5.74, 6) is 1.44. The molecular weight excluding hydrogens is 290 g/mol. The molecular formula is C17H25N5O. The standard InChI is InChI=1S/C17H25N5O/c1-14-19-17(20-23-14)13-22-10-3-4-16(12-22)21(2)11-7-15-5-8-18-9-6-15/h5-6,8-9,16H,3-4,7,10-13H2,1-2H3/t16-/m1/s1. The number of hydrogen-bond donors (Lipinski definition) is 0. The Kier molecular flexibility index (Phi) is 5.35. The first-order valence-electron chi connectivity index (χ1n) is 8.31. The Morgan fingerprint density at radius 2 is 2.17 bits per heavy atom. The maximum absolute atomic E-state index is 5.06. The van der Waals surface area contributed by atoms with Crippen molar-refractivity contribution in [3.05, 3.63) is 41.8 Å². The first kappa shape index (κ1) is 16.1. The highest BCUT2D eigenvalue weighted by molar-refractivity contribution is 5.10. The summed E-state index contributed by atoms with van der Waals surface area (Å²) < 4.78 is 5.06. The van der Waals surface area contributed by atoms with Gasteiger partial charge in [0.05, 0.1) is 6.54 Å². The summed E-state index contributed by atoms with van der Waals surface area (Å²) in [5.41, 5.74) is 1.35. The lowest BCUT2D eigenvalue weighted by molar-refractivity contribution is 0.110. The van der Waals surface area contributed by atoms with Crippen LogP contribution in [0.2, 0.25) is 0 Å². The second-order valence-corrected chi connectivity index (χ2v) is 6.35. The summed E-state index contributed by atoms with van der Waals surface area (Å²) in [4.78, 5) is 13.3. The largest absolute Gasteiger partial charge is 0.340 e. The summed E-state index contributed by atoms with van der Waals surface area (Å²) in [6.07, 6.45) is 7.28. The number of nitrogens with zero attached hydrogens (tertiary/aromatic N) is 5. The van der Waals surface area contributed by atoms with Crippen molar-refractivity contribution in [3.63, 3.8) is 0 Å². The van der Waals surface area contributed by atoms with Gasteiger partial charge in [-0.1, -0.05) is 5.16 Å². The maximum atomic E-state index is 5.06. The molecule has 1 saturated heterocycles. The van der Waals surface area contributed by atoms with Crippen LogP contribution in [0.1, 0.15) is 30.1 Å². The molecule has 0 aliphatic carbocycles. The summed E-state index contributed by atoms with van der Waals surface area (Å²) >= 11 is 0. The molecule has 124 valence electrons. The summed E-state index contributed by atoms with van der Waals surface area (Å²) in [6.45, 7) is 5.88. The summed E-state index contributed by atoms with van der Waals surface area (Å²) in [7, 11) is 2.23. The molecule has 0 spiro atoms. The Balaban J connectivity index is 1.49. The van der Waals surface area contributed by atoms with Gasteiger partial charge in [-0.2, -0.15) is 4.98 Å². The summed E-state index contributed by atoms with van der Waals surface area (Å²) in [5, 5.41) is 4.01. The van der Waals surface area contributed by atoms with Crippen molar-refractivity contribution in [2.45, 2.75) is 38.8 Å². The summed E-state index contributed by atoms with van der Waals surface area (Å²) in [6, 6.07) is 4.79. The fourth-order valence-electron chi connectivity index (χ4n) is 3.18. The van der Waals surface area contributed by atoms with Crippen LogP contribution in [-0.2, 0) is 13.0 Å². The zero-order chi connectivity index (χ0) is 16.1. The van der Waals surface area contributed by atoms with Crippen molar-refractivity contribution < 1.29 is 4.52 Å². The van der Waals surface area contributed by atoms with Crippen LogP contribution in [0.3, 0.4) is 0 Å². The molecule has 0 unspecified atom stereocenters. The van der Waals surface area contributed by atoms with Crippen molar-refractivity contribution in [2.75, 3.05) is 26.7 Å². The van der Waals surface area contributed by atoms with E-state index in [1.54, 1.807) is 0 Å². The Morgan fingerprint density at radius 1 is 1.35 bits per heavy atom. The minimum absolute atomic E-state index is 0.596. The minimum Gasteiger partial charge on any atom is -0.340 e. The van der Waals surface area contributed by atoms with E-state index in [2.05, 4.69) is 44.1 Å². The van der Waals surface area contributed by atoms with Crippen LogP contribution in [-0.4, -0.2) is 57.6 Å². The van der Waals surface area contributed by atoms with Gasteiger partial charge in [-0.3, -0.25) is 9.88 Å². The van der Waals surface area contributed by atoms with Crippen LogP contribution in [0.5, 0.6) is 0 Å². The first-order chi connectivity index (χ1) is 11.2. The van der Waals surface area contributed by atoms with Crippen LogP contribution in [0.15, 0.2) is 29.0 Å². The van der Waals surface area contributed by atoms with Crippen molar-refractivity contribution in [1.29, 1.82) is 0 Å². The molecule has 6 heteroatoms. The lowest BCUT2D eigenvalue weighted by Crippen LogP contribution is -2.46. The van der Waals surface area contributed by atoms with Crippen LogP contribution in [0, 0.1) is 6.92 Å². The highest BCUT2D eigenvalue weighted by Crippen LogP contribution is 2.17. The topological polar surface area (TPSA) is 58.3 Å². The average Bonchev–Trinajstić information content (AvgIpc) is 2.99. The number of likely N-dealkylation sites (tertiary alicyclic amines) is 1. The highest BCUT2D eigenvalue weighted by atomic mass is 16.5. The molecule has 2 aromatic heterocycles. The van der Waals surface area contributed by atoms with E-state index in [0.717, 1.165) is 38.4 Å². The van der Waals surface area contributed by atoms with Gasteiger partial charge in [0, 0.05) is 38.4 Å². The van der Waals surface area contributed by atoms with Gasteiger partial charge in [-0.15, -0.1) is 0 Å². The number of piperidine rings is 1. The van der Waals surface area contributed by atoms with Gasteiger partial charge in [0.2, 0.25) is 5.89 Å². The van der Waals surface area contributed by atoms with E-state index in [1.165, 1.54) is 18.4 Å². The van der Waals surface area contributed by atoms with E-state index in [0.29, 0.717) is 11.9 Å². The molecule has 1 fully saturated rings. The Labute approximate surface area is 137 Å². The average molecular weight is 315 g/mol. The zero-order valence-electron chi connectivity index (χ0n) is 14.0. The van der Waals surface area contributed by atoms with E-state index in [1.807, 2.05) is 19.3 Å². The van der Waals surface area contributed by atoms with Crippen molar-refractivity contribution in [2.24, 2.45) is 0 Å². The van der Waals surface area contributed by atoms with E-state index < -0.39 is 0 Å². The van der Waals surface area contributed by atoms with E-state index in [4.69, 9.17) is 4.52 Å². The van der Waals surface area contributed by atoms with Crippen LogP contribution in [0.4, 0.5) is 0 Å². The fraction of sp³-hybridized carbons (Fsp3) is 0.588. The molecule has 0 N–H and O–H groups in total. The predicted octanol–water partition coefficient (Wildman–Crippen LogP) is 1.91. The van der Waals surface area contributed by atoms with Gasteiger partial charge < -0.3 is 9.42 Å². The van der Waals surface area contributed by atoms with Gasteiger partial charge in [0.25, 0.3) is 0 Å². The SMILES string of the molecule is Cc1nc(CN2CCC[C@@H](N(C)CCc3ccncc3)C2)no1. The number of aromatic nitrogens is 3. The van der Waals surface area contributed by atoms with Gasteiger partial charge in [-0.25, -0.2) is 0 Å². The molecule has 1 atom stereocenters. The van der Waals surface area contributed by atoms with Crippen LogP contribution < -0.4 is 0 Å². The molecule has 3 rings (SSSR count). The molecule has 3 heterocycles. The zero-order valence-corrected chi connectivity index (χ0v) is 14.0. The Hall–Kier alpha value is -1.79. The Morgan fingerprint density at radius 3 is 2.91 bits per heavy atom. The van der Waals surface area contributed by atoms with Crippen molar-refractivity contribution in [1.82, 2.24) is 24.9 Å². The molecule has 6 nitrogen and oxygen atoms in total. The van der Waals surface area contributed by atoms with Gasteiger partial charge in [0.1, 0.15) is 0 Å². The van der Waals surface area contributed by atoms with Crippen LogP contribution in [0.25, 0.3) is 0 Å². The molecule has 0 bridgehead atoms. The van der Waals surface area contributed by atoms with Crippen molar-refractivity contribution >= 4 is 0 Å². The maximum Gasteiger partial charge on any atom is 0.223 e. The normalized spacial score (nSPS) is 19.3. The minimum atomic E-state index is 0.596. The fourth-order valence-corrected chi connectivity index (χ4v) is 3.18. The molecule has 23 heavy (non-hydrogen) atoms. The Bertz CT molecular complexity index is 600. The monoisotopic (exact) mass is 315 g/mol. The molecule has 0 radical (unpaired) electrons. The van der Waals surface area contributed by atoms with Gasteiger partial charge in [-0.05, 0) is 50.6 Å². The lowest BCUT2D eigenvalue weighted by atomic mass is 10.0. The lowest BCUT2D eigenvalue weighted by Gasteiger charge is -2.37. The quantitative estimate of drug-likeness (QED) is 0.811. The molecule has 0 saturated carbocycles. The number of pyridine rings is 1. The number of rotatable bonds is 6. The van der Waals surface area contributed by atoms with Gasteiger partial charge >= 0.3 is 0 Å². The van der Waals surface area contributed by atoms with E-state index in [-0.39, 0.29) is 0 Å². The molecule has 0 amide bonds. The molecule has 1 aliphatic rings. The third-order valence-corrected chi connectivity index (χ3v) is 4.54.